The number of fused-ring (bicyclic) bond motifs is 2. The van der Waals surface area contributed by atoms with Gasteiger partial charge in [0.05, 0.1) is 0 Å². The largest absolute Gasteiger partial charge is 2.00 e. The standard InChI is InChI=1S/C44H40P2.C10H14.2ClH.Ru/c1-5-19-35(20-6-1)45(36-21-7-2-8-22-36)41-31-29-33-17-13-15-27-39(33)43(41)44-40-28-16-14-18-34(40)30-32-42(44)46(37-23-9-3-10-24-37)38-25-11-4-12-26-38;1-8(2)10-6-4-9(3)5-7-10;;;/h1-12,19-26,29-32H,13-18,27-28H2;4-8H,1-3H3;2*1H;/q;;;;+2/p-2. The van der Waals surface area contributed by atoms with Gasteiger partial charge in [-0.3, -0.25) is 0 Å². The number of benzene rings is 7. The SMILES string of the molecule is Cc1ccc(C(C)C)cc1.[Cl-].[Cl-].[Ru+2].c1ccc(P(c2ccccc2)c2ccc3c(c2-c2c(P(c4ccccc4)c4ccccc4)ccc4c2CCCC4)CCCC3)cc1. The van der Waals surface area contributed by atoms with Crippen LogP contribution in [0.3, 0.4) is 0 Å². The quantitative estimate of drug-likeness (QED) is 0.135. The molecule has 0 fully saturated rings. The molecule has 0 nitrogen and oxygen atoms in total. The minimum atomic E-state index is -0.752. The molecule has 7 aromatic carbocycles. The monoisotopic (exact) mass is 936 g/mol. The Morgan fingerprint density at radius 3 is 1.03 bits per heavy atom. The molecule has 0 bridgehead atoms. The molecule has 0 saturated heterocycles. The van der Waals surface area contributed by atoms with E-state index in [2.05, 4.69) is 191 Å². The third kappa shape index (κ3) is 10.7. The summed E-state index contributed by atoms with van der Waals surface area (Å²) in [7, 11) is -1.50. The van der Waals surface area contributed by atoms with E-state index in [1.54, 1.807) is 33.4 Å². The molecule has 0 saturated carbocycles. The molecule has 59 heavy (non-hydrogen) atoms. The average molecular weight is 937 g/mol. The van der Waals surface area contributed by atoms with E-state index < -0.39 is 15.8 Å². The number of halogens is 2. The minimum Gasteiger partial charge on any atom is -1.00 e. The van der Waals surface area contributed by atoms with Crippen molar-refractivity contribution in [3.63, 3.8) is 0 Å². The van der Waals surface area contributed by atoms with Crippen LogP contribution in [0.25, 0.3) is 11.1 Å². The second-order valence-corrected chi connectivity index (χ2v) is 20.1. The fraction of sp³-hybridized carbons (Fsp3) is 0.222. The summed E-state index contributed by atoms with van der Waals surface area (Å²) in [6.45, 7) is 6.54. The van der Waals surface area contributed by atoms with Crippen molar-refractivity contribution in [2.75, 3.05) is 0 Å². The van der Waals surface area contributed by atoms with E-state index in [0.717, 1.165) is 0 Å². The van der Waals surface area contributed by atoms with Gasteiger partial charge in [-0.2, -0.15) is 0 Å². The maximum atomic E-state index is 2.55. The van der Waals surface area contributed by atoms with Crippen molar-refractivity contribution in [2.45, 2.75) is 78.1 Å². The van der Waals surface area contributed by atoms with E-state index in [1.807, 2.05) is 0 Å². The predicted octanol–water partition coefficient (Wildman–Crippen LogP) is 5.75. The number of aryl methyl sites for hydroxylation is 3. The molecule has 2 aliphatic rings. The normalized spacial score (nSPS) is 12.8. The Kier molecular flexibility index (Phi) is 17.8. The maximum absolute atomic E-state index is 2.55. The summed E-state index contributed by atoms with van der Waals surface area (Å²) in [6, 6.07) is 64.2. The third-order valence-corrected chi connectivity index (χ3v) is 16.5. The molecule has 0 aromatic heterocycles. The van der Waals surface area contributed by atoms with E-state index in [9.17, 15) is 0 Å². The topological polar surface area (TPSA) is 0 Å². The Bertz CT molecular complexity index is 2130. The second kappa shape index (κ2) is 22.4. The molecule has 0 spiro atoms. The van der Waals surface area contributed by atoms with Crippen LogP contribution in [-0.2, 0) is 45.2 Å². The Hall–Kier alpha value is -3.40. The van der Waals surface area contributed by atoms with Crippen LogP contribution in [0.2, 0.25) is 0 Å². The molecule has 302 valence electrons. The van der Waals surface area contributed by atoms with Gasteiger partial charge < -0.3 is 24.8 Å². The van der Waals surface area contributed by atoms with Gasteiger partial charge in [0, 0.05) is 0 Å². The minimum absolute atomic E-state index is 0. The van der Waals surface area contributed by atoms with Gasteiger partial charge >= 0.3 is 19.5 Å². The molecule has 0 radical (unpaired) electrons. The summed E-state index contributed by atoms with van der Waals surface area (Å²) in [5, 5.41) is 8.79. The molecule has 9 rings (SSSR count). The van der Waals surface area contributed by atoms with E-state index in [4.69, 9.17) is 0 Å². The fourth-order valence-corrected chi connectivity index (χ4v) is 13.7. The number of hydrogen-bond donors (Lipinski definition) is 0. The Morgan fingerprint density at radius 1 is 0.390 bits per heavy atom. The molecule has 0 N–H and O–H groups in total. The van der Waals surface area contributed by atoms with Crippen LogP contribution in [0.15, 0.2) is 170 Å². The van der Waals surface area contributed by atoms with Gasteiger partial charge in [0.15, 0.2) is 0 Å². The number of rotatable bonds is 8. The molecule has 7 aromatic rings. The molecule has 0 amide bonds. The summed E-state index contributed by atoms with van der Waals surface area (Å²) in [5.74, 6) is 0.653. The van der Waals surface area contributed by atoms with Crippen LogP contribution in [0.1, 0.15) is 78.8 Å². The zero-order valence-corrected chi connectivity index (χ0v) is 39.4. The number of hydrogen-bond acceptors (Lipinski definition) is 0. The summed E-state index contributed by atoms with van der Waals surface area (Å²) >= 11 is 0. The van der Waals surface area contributed by atoms with Gasteiger partial charge in [-0.05, 0) is 151 Å². The van der Waals surface area contributed by atoms with Crippen molar-refractivity contribution < 1.29 is 44.3 Å². The third-order valence-electron chi connectivity index (χ3n) is 11.6. The van der Waals surface area contributed by atoms with Gasteiger partial charge in [-0.1, -0.05) is 189 Å². The zero-order chi connectivity index (χ0) is 38.3. The fourth-order valence-electron chi connectivity index (χ4n) is 8.68. The van der Waals surface area contributed by atoms with Crippen molar-refractivity contribution in [3.05, 3.63) is 203 Å². The van der Waals surface area contributed by atoms with Gasteiger partial charge in [-0.25, -0.2) is 0 Å². The summed E-state index contributed by atoms with van der Waals surface area (Å²) in [5.41, 5.74) is 12.3. The Balaban J connectivity index is 0.000000450. The van der Waals surface area contributed by atoms with E-state index >= 15 is 0 Å². The summed E-state index contributed by atoms with van der Waals surface area (Å²) in [4.78, 5) is 0. The van der Waals surface area contributed by atoms with Gasteiger partial charge in [0.2, 0.25) is 0 Å². The van der Waals surface area contributed by atoms with Crippen molar-refractivity contribution in [2.24, 2.45) is 0 Å². The Labute approximate surface area is 381 Å². The van der Waals surface area contributed by atoms with Crippen molar-refractivity contribution in [1.29, 1.82) is 0 Å². The van der Waals surface area contributed by atoms with E-state index in [-0.39, 0.29) is 44.3 Å². The molecule has 0 aliphatic heterocycles. The van der Waals surface area contributed by atoms with Crippen LogP contribution in [0.4, 0.5) is 0 Å². The average Bonchev–Trinajstić information content (AvgIpc) is 3.26. The van der Waals surface area contributed by atoms with E-state index in [0.29, 0.717) is 5.92 Å². The summed E-state index contributed by atoms with van der Waals surface area (Å²) in [6.07, 6.45) is 9.84. The zero-order valence-electron chi connectivity index (χ0n) is 34.4. The van der Waals surface area contributed by atoms with Crippen LogP contribution >= 0.6 is 15.8 Å². The van der Waals surface area contributed by atoms with Crippen LogP contribution in [0.5, 0.6) is 0 Å². The Morgan fingerprint density at radius 2 is 0.712 bits per heavy atom. The van der Waals surface area contributed by atoms with Crippen molar-refractivity contribution >= 4 is 47.7 Å². The van der Waals surface area contributed by atoms with E-state index in [1.165, 1.54) is 94.3 Å². The van der Waals surface area contributed by atoms with Crippen LogP contribution in [0, 0.1) is 6.92 Å². The molecule has 0 heterocycles. The first-order valence-corrected chi connectivity index (χ1v) is 23.4. The molecule has 2 aliphatic carbocycles. The maximum Gasteiger partial charge on any atom is 2.00 e. The second-order valence-electron chi connectivity index (χ2n) is 15.7. The summed E-state index contributed by atoms with van der Waals surface area (Å²) < 4.78 is 0. The van der Waals surface area contributed by atoms with Gasteiger partial charge in [-0.15, -0.1) is 0 Å². The molecular formula is C54H54Cl2P2Ru. The molecule has 5 heteroatoms. The van der Waals surface area contributed by atoms with Gasteiger partial charge in [0.25, 0.3) is 0 Å². The van der Waals surface area contributed by atoms with Crippen molar-refractivity contribution in [1.82, 2.24) is 0 Å². The predicted molar refractivity (Wildman–Crippen MR) is 248 cm³/mol. The van der Waals surface area contributed by atoms with Crippen LogP contribution in [-0.4, -0.2) is 0 Å². The molecular weight excluding hydrogens is 883 g/mol. The van der Waals surface area contributed by atoms with Gasteiger partial charge in [0.1, 0.15) is 0 Å². The first-order valence-electron chi connectivity index (χ1n) is 20.7. The molecule has 0 atom stereocenters. The molecule has 0 unspecified atom stereocenters. The first kappa shape index (κ1) is 46.7. The van der Waals surface area contributed by atoms with Crippen molar-refractivity contribution in [3.8, 4) is 11.1 Å². The first-order chi connectivity index (χ1) is 27.6. The smallest absolute Gasteiger partial charge is 1.00 e. The van der Waals surface area contributed by atoms with Crippen LogP contribution < -0.4 is 56.6 Å².